The Balaban J connectivity index is 0.00000264. The molecule has 1 aromatic heterocycles. The molecule has 6 nitrogen and oxygen atoms in total. The molecule has 0 radical (unpaired) electrons. The summed E-state index contributed by atoms with van der Waals surface area (Å²) in [5, 5.41) is 15.0. The number of aromatic nitrogens is 3. The first-order chi connectivity index (χ1) is 10.7. The van der Waals surface area contributed by atoms with E-state index in [-0.39, 0.29) is 24.0 Å². The Kier molecular flexibility index (Phi) is 9.50. The molecule has 1 heterocycles. The van der Waals surface area contributed by atoms with Crippen molar-refractivity contribution >= 4 is 29.9 Å². The molecule has 0 saturated heterocycles. The van der Waals surface area contributed by atoms with Crippen LogP contribution in [0.2, 0.25) is 0 Å². The molecule has 2 atom stereocenters. The molecule has 23 heavy (non-hydrogen) atoms. The lowest BCUT2D eigenvalue weighted by Gasteiger charge is -2.28. The second-order valence-corrected chi connectivity index (χ2v) is 6.17. The molecule has 1 aliphatic rings. The summed E-state index contributed by atoms with van der Waals surface area (Å²) < 4.78 is 2.08. The van der Waals surface area contributed by atoms with Crippen LogP contribution in [0, 0.1) is 5.92 Å². The predicted octanol–water partition coefficient (Wildman–Crippen LogP) is 2.59. The Morgan fingerprint density at radius 1 is 1.39 bits per heavy atom. The highest BCUT2D eigenvalue weighted by atomic mass is 127. The Morgan fingerprint density at radius 3 is 2.91 bits per heavy atom. The highest BCUT2D eigenvalue weighted by Crippen LogP contribution is 2.23. The van der Waals surface area contributed by atoms with Gasteiger partial charge in [-0.1, -0.05) is 26.7 Å². The number of hydrogen-bond donors (Lipinski definition) is 2. The Labute approximate surface area is 157 Å². The van der Waals surface area contributed by atoms with E-state index in [2.05, 4.69) is 46.2 Å². The average molecular weight is 434 g/mol. The van der Waals surface area contributed by atoms with Gasteiger partial charge in [0.15, 0.2) is 5.96 Å². The zero-order valence-corrected chi connectivity index (χ0v) is 16.9. The lowest BCUT2D eigenvalue weighted by Crippen LogP contribution is -2.45. The van der Waals surface area contributed by atoms with Gasteiger partial charge in [0.2, 0.25) is 0 Å². The van der Waals surface area contributed by atoms with Gasteiger partial charge in [-0.2, -0.15) is 0 Å². The molecule has 0 spiro atoms. The van der Waals surface area contributed by atoms with Gasteiger partial charge in [0.1, 0.15) is 12.2 Å². The molecule has 0 bridgehead atoms. The third-order valence-corrected chi connectivity index (χ3v) is 4.24. The van der Waals surface area contributed by atoms with Gasteiger partial charge in [-0.3, -0.25) is 4.99 Å². The lowest BCUT2D eigenvalue weighted by molar-refractivity contribution is 0.324. The molecule has 1 fully saturated rings. The molecule has 0 aliphatic heterocycles. The van der Waals surface area contributed by atoms with E-state index in [1.165, 1.54) is 25.7 Å². The minimum Gasteiger partial charge on any atom is -0.357 e. The summed E-state index contributed by atoms with van der Waals surface area (Å²) in [5.74, 6) is 2.78. The Bertz CT molecular complexity index is 473. The van der Waals surface area contributed by atoms with Crippen LogP contribution in [0.25, 0.3) is 0 Å². The number of halogens is 1. The summed E-state index contributed by atoms with van der Waals surface area (Å²) in [6.45, 7) is 9.00. The molecular formula is C16H31IN6. The third kappa shape index (κ3) is 6.64. The summed E-state index contributed by atoms with van der Waals surface area (Å²) in [6, 6.07) is 0.558. The minimum absolute atomic E-state index is 0. The molecular weight excluding hydrogens is 403 g/mol. The Hall–Kier alpha value is -0.860. The van der Waals surface area contributed by atoms with Crippen molar-refractivity contribution in [1.29, 1.82) is 0 Å². The maximum Gasteiger partial charge on any atom is 0.191 e. The van der Waals surface area contributed by atoms with Crippen LogP contribution >= 0.6 is 24.0 Å². The number of nitrogens with one attached hydrogen (secondary N) is 2. The normalized spacial score (nSPS) is 21.6. The van der Waals surface area contributed by atoms with Crippen LogP contribution in [0.15, 0.2) is 11.3 Å². The van der Waals surface area contributed by atoms with Crippen LogP contribution in [0.1, 0.15) is 52.3 Å². The van der Waals surface area contributed by atoms with Gasteiger partial charge in [-0.25, -0.2) is 0 Å². The fraction of sp³-hybridized carbons (Fsp3) is 0.812. The molecule has 2 N–H and O–H groups in total. The molecule has 0 amide bonds. The van der Waals surface area contributed by atoms with Gasteiger partial charge in [0.25, 0.3) is 0 Å². The van der Waals surface area contributed by atoms with E-state index in [1.54, 1.807) is 6.33 Å². The van der Waals surface area contributed by atoms with Crippen molar-refractivity contribution in [1.82, 2.24) is 25.4 Å². The van der Waals surface area contributed by atoms with Crippen molar-refractivity contribution < 1.29 is 0 Å². The largest absolute Gasteiger partial charge is 0.357 e. The molecule has 132 valence electrons. The molecule has 2 unspecified atom stereocenters. The summed E-state index contributed by atoms with van der Waals surface area (Å²) in [5.41, 5.74) is 0. The van der Waals surface area contributed by atoms with Gasteiger partial charge in [0.05, 0.1) is 6.54 Å². The number of aliphatic imine (C=N–C) groups is 1. The molecule has 1 aromatic rings. The minimum atomic E-state index is 0. The third-order valence-electron chi connectivity index (χ3n) is 4.24. The first-order valence-electron chi connectivity index (χ1n) is 8.64. The topological polar surface area (TPSA) is 67.1 Å². The van der Waals surface area contributed by atoms with Gasteiger partial charge in [-0.15, -0.1) is 34.2 Å². The first kappa shape index (κ1) is 20.2. The highest BCUT2D eigenvalue weighted by Gasteiger charge is 2.19. The second-order valence-electron chi connectivity index (χ2n) is 6.17. The monoisotopic (exact) mass is 434 g/mol. The number of hydrogen-bond acceptors (Lipinski definition) is 3. The van der Waals surface area contributed by atoms with Crippen molar-refractivity contribution in [2.75, 3.05) is 13.1 Å². The fourth-order valence-electron chi connectivity index (χ4n) is 3.09. The van der Waals surface area contributed by atoms with Crippen LogP contribution in [0.3, 0.4) is 0 Å². The van der Waals surface area contributed by atoms with Crippen LogP contribution in [-0.2, 0) is 13.0 Å². The first-order valence-corrected chi connectivity index (χ1v) is 8.64. The average Bonchev–Trinajstić information content (AvgIpc) is 2.95. The lowest BCUT2D eigenvalue weighted by atomic mass is 9.87. The van der Waals surface area contributed by atoms with Crippen molar-refractivity contribution in [3.63, 3.8) is 0 Å². The van der Waals surface area contributed by atoms with E-state index in [0.29, 0.717) is 6.04 Å². The number of aryl methyl sites for hydroxylation is 1. The SMILES string of the molecule is CCNC(=NCCn1cnnc1CC)NC1CCCC(C)C1.I. The van der Waals surface area contributed by atoms with E-state index < -0.39 is 0 Å². The van der Waals surface area contributed by atoms with Crippen molar-refractivity contribution in [3.8, 4) is 0 Å². The Morgan fingerprint density at radius 2 is 2.22 bits per heavy atom. The van der Waals surface area contributed by atoms with E-state index >= 15 is 0 Å². The van der Waals surface area contributed by atoms with Crippen LogP contribution in [0.5, 0.6) is 0 Å². The van der Waals surface area contributed by atoms with Crippen LogP contribution in [-0.4, -0.2) is 39.9 Å². The number of rotatable bonds is 6. The molecule has 1 aliphatic carbocycles. The second kappa shape index (κ2) is 10.8. The van der Waals surface area contributed by atoms with Crippen LogP contribution in [0.4, 0.5) is 0 Å². The van der Waals surface area contributed by atoms with Crippen molar-refractivity contribution in [2.24, 2.45) is 10.9 Å². The van der Waals surface area contributed by atoms with Gasteiger partial charge >= 0.3 is 0 Å². The standard InChI is InChI=1S/C16H30N6.HI/c1-4-15-21-19-12-22(15)10-9-18-16(17-5-2)20-14-8-6-7-13(3)11-14;/h12-14H,4-11H2,1-3H3,(H2,17,18,20);1H. The summed E-state index contributed by atoms with van der Waals surface area (Å²) in [4.78, 5) is 4.70. The van der Waals surface area contributed by atoms with Gasteiger partial charge in [-0.05, 0) is 25.7 Å². The maximum atomic E-state index is 4.70. The van der Waals surface area contributed by atoms with E-state index in [9.17, 15) is 0 Å². The fourth-order valence-corrected chi connectivity index (χ4v) is 3.09. The van der Waals surface area contributed by atoms with Gasteiger partial charge in [0, 0.05) is 25.6 Å². The number of nitrogens with zero attached hydrogens (tertiary/aromatic N) is 4. The zero-order chi connectivity index (χ0) is 15.8. The molecule has 0 aromatic carbocycles. The predicted molar refractivity (Wildman–Crippen MR) is 105 cm³/mol. The van der Waals surface area contributed by atoms with Crippen LogP contribution < -0.4 is 10.6 Å². The highest BCUT2D eigenvalue weighted by molar-refractivity contribution is 14.0. The van der Waals surface area contributed by atoms with E-state index in [0.717, 1.165) is 43.8 Å². The van der Waals surface area contributed by atoms with Crippen molar-refractivity contribution in [2.45, 2.75) is 65.5 Å². The summed E-state index contributed by atoms with van der Waals surface area (Å²) >= 11 is 0. The summed E-state index contributed by atoms with van der Waals surface area (Å²) in [7, 11) is 0. The molecule has 2 rings (SSSR count). The number of guanidine groups is 1. The van der Waals surface area contributed by atoms with E-state index in [4.69, 9.17) is 4.99 Å². The quantitative estimate of drug-likeness (QED) is 0.411. The van der Waals surface area contributed by atoms with E-state index in [1.807, 2.05) is 0 Å². The summed E-state index contributed by atoms with van der Waals surface area (Å²) in [6.07, 6.45) is 7.87. The maximum absolute atomic E-state index is 4.70. The van der Waals surface area contributed by atoms with Crippen molar-refractivity contribution in [3.05, 3.63) is 12.2 Å². The molecule has 7 heteroatoms. The zero-order valence-electron chi connectivity index (χ0n) is 14.6. The molecule has 1 saturated carbocycles. The smallest absolute Gasteiger partial charge is 0.191 e. The van der Waals surface area contributed by atoms with Gasteiger partial charge < -0.3 is 15.2 Å².